The minimum absolute atomic E-state index is 0. The molecule has 0 aromatic carbocycles. The SMILES string of the molecule is Brc1cc(-c2cccs2)sc1-c1cccs1.C.CC(C)(C)Cl.CC(C)(C)c1ccc(-c2cc(Br)c(-c3ccc(C(C)(C)C)s3)s2)s1.CC(C)(C)c1csc(-c2cc(Br)c(-c3cc(C(C)(C)C)cs3)s2)c1.[Cl][Al]([Cl])[Cl].[Y]. The molecule has 0 fully saturated rings. The molecule has 1 radical (unpaired) electrons. The molecule has 0 spiro atoms. The molecular formula is C57H66AlBr3Cl4S9Y. The first-order valence-electron chi connectivity index (χ1n) is 23.2. The third-order valence-electron chi connectivity index (χ3n) is 10.1. The largest absolute Gasteiger partial charge is 0.643 e. The van der Waals surface area contributed by atoms with E-state index >= 15 is 0 Å². The number of halogens is 7. The van der Waals surface area contributed by atoms with Crippen LogP contribution in [0.3, 0.4) is 0 Å². The van der Waals surface area contributed by atoms with Gasteiger partial charge in [0.1, 0.15) is 0 Å². The molecule has 9 rings (SSSR count). The molecule has 0 nitrogen and oxygen atoms in total. The molecule has 0 unspecified atom stereocenters. The topological polar surface area (TPSA) is 0 Å². The molecule has 0 amide bonds. The maximum atomic E-state index is 5.53. The van der Waals surface area contributed by atoms with E-state index in [1.54, 1.807) is 22.7 Å². The zero-order chi connectivity index (χ0) is 54.4. The second-order valence-corrected chi connectivity index (χ2v) is 41.0. The van der Waals surface area contributed by atoms with Crippen molar-refractivity contribution in [3.63, 3.8) is 0 Å². The average molecular weight is 1540 g/mol. The predicted molar refractivity (Wildman–Crippen MR) is 366 cm³/mol. The molecule has 75 heavy (non-hydrogen) atoms. The van der Waals surface area contributed by atoms with Gasteiger partial charge in [0, 0.05) is 105 Å². The van der Waals surface area contributed by atoms with Crippen LogP contribution < -0.4 is 0 Å². The summed E-state index contributed by atoms with van der Waals surface area (Å²) in [4.78, 5) is 19.0. The van der Waals surface area contributed by atoms with Crippen LogP contribution in [-0.4, -0.2) is 16.3 Å². The van der Waals surface area contributed by atoms with Crippen molar-refractivity contribution in [1.29, 1.82) is 0 Å². The van der Waals surface area contributed by atoms with Crippen LogP contribution in [0, 0.1) is 0 Å². The average Bonchev–Trinajstić information content (AvgIpc) is 4.09. The molecule has 0 bridgehead atoms. The van der Waals surface area contributed by atoms with Crippen LogP contribution in [0.2, 0.25) is 0 Å². The van der Waals surface area contributed by atoms with Gasteiger partial charge in [-0.25, -0.2) is 30.1 Å². The monoisotopic (exact) mass is 1530 g/mol. The molecular weight excluding hydrogens is 1470 g/mol. The van der Waals surface area contributed by atoms with Crippen molar-refractivity contribution in [3.05, 3.63) is 135 Å². The summed E-state index contributed by atoms with van der Waals surface area (Å²) in [5, 5.41) is 8.83. The maximum Gasteiger partial charge on any atom is 0.643 e. The molecule has 9 heterocycles. The first-order valence-corrected chi connectivity index (χ1v) is 38.8. The van der Waals surface area contributed by atoms with Crippen LogP contribution in [0.25, 0.3) is 58.5 Å². The Morgan fingerprint density at radius 1 is 0.387 bits per heavy atom. The fourth-order valence-corrected chi connectivity index (χ4v) is 18.8. The van der Waals surface area contributed by atoms with Gasteiger partial charge in [0.15, 0.2) is 0 Å². The summed E-state index contributed by atoms with van der Waals surface area (Å²) in [7, 11) is 14.8. The third-order valence-corrected chi connectivity index (χ3v) is 23.9. The van der Waals surface area contributed by atoms with Crippen molar-refractivity contribution < 1.29 is 32.7 Å². The van der Waals surface area contributed by atoms with Gasteiger partial charge in [0.25, 0.3) is 0 Å². The van der Waals surface area contributed by atoms with Gasteiger partial charge in [-0.2, -0.15) is 0 Å². The fraction of sp³-hybridized carbons (Fsp3) is 0.368. The number of alkyl halides is 1. The van der Waals surface area contributed by atoms with Crippen molar-refractivity contribution in [2.24, 2.45) is 0 Å². The molecule has 9 aromatic rings. The first-order chi connectivity index (χ1) is 33.7. The van der Waals surface area contributed by atoms with Crippen molar-refractivity contribution in [2.75, 3.05) is 0 Å². The molecule has 0 saturated heterocycles. The molecule has 0 aliphatic carbocycles. The van der Waals surface area contributed by atoms with Gasteiger partial charge in [-0.3, -0.25) is 0 Å². The van der Waals surface area contributed by atoms with Gasteiger partial charge < -0.3 is 0 Å². The van der Waals surface area contributed by atoms with Crippen LogP contribution in [0.1, 0.15) is 132 Å². The summed E-state index contributed by atoms with van der Waals surface area (Å²) >= 11 is 31.7. The zero-order valence-corrected chi connectivity index (χ0v) is 63.4. The Balaban J connectivity index is 0.000000274. The molecule has 403 valence electrons. The van der Waals surface area contributed by atoms with Crippen molar-refractivity contribution in [1.82, 2.24) is 0 Å². The summed E-state index contributed by atoms with van der Waals surface area (Å²) in [5.74, 6) is 0. The Bertz CT molecular complexity index is 2940. The molecule has 0 aliphatic rings. The quantitative estimate of drug-likeness (QED) is 0.115. The van der Waals surface area contributed by atoms with E-state index < -0.39 is 11.4 Å². The minimum atomic E-state index is -1.72. The van der Waals surface area contributed by atoms with Gasteiger partial charge in [0.2, 0.25) is 0 Å². The Labute approximate surface area is 558 Å². The van der Waals surface area contributed by atoms with Crippen LogP contribution in [0.5, 0.6) is 0 Å². The second kappa shape index (κ2) is 30.4. The van der Waals surface area contributed by atoms with Crippen LogP contribution >= 0.6 is 192 Å². The number of rotatable bonds is 6. The molecule has 0 N–H and O–H groups in total. The van der Waals surface area contributed by atoms with Gasteiger partial charge in [-0.15, -0.1) is 114 Å². The number of thiophene rings is 9. The van der Waals surface area contributed by atoms with E-state index in [0.29, 0.717) is 0 Å². The maximum absolute atomic E-state index is 5.53. The normalized spacial score (nSPS) is 11.7. The first kappa shape index (κ1) is 70.8. The number of hydrogen-bond donors (Lipinski definition) is 0. The van der Waals surface area contributed by atoms with E-state index in [0.717, 1.165) is 0 Å². The Hall–Kier alpha value is 1.54. The molecule has 0 aliphatic heterocycles. The van der Waals surface area contributed by atoms with Crippen molar-refractivity contribution in [2.45, 2.75) is 138 Å². The van der Waals surface area contributed by atoms with Gasteiger partial charge in [0.05, 0.1) is 14.6 Å². The molecule has 0 atom stereocenters. The van der Waals surface area contributed by atoms with E-state index in [-0.39, 0.29) is 66.7 Å². The fourth-order valence-electron chi connectivity index (χ4n) is 6.24. The zero-order valence-electron chi connectivity index (χ0n) is 44.3. The van der Waals surface area contributed by atoms with Gasteiger partial charge >= 0.3 is 11.4 Å². The molecule has 9 aromatic heterocycles. The van der Waals surface area contributed by atoms with Crippen molar-refractivity contribution >= 4 is 203 Å². The van der Waals surface area contributed by atoms with Gasteiger partial charge in [-0.1, -0.05) is 103 Å². The van der Waals surface area contributed by atoms with E-state index in [1.165, 1.54) is 92.8 Å². The third kappa shape index (κ3) is 22.2. The van der Waals surface area contributed by atoms with E-state index in [2.05, 4.69) is 231 Å². The summed E-state index contributed by atoms with van der Waals surface area (Å²) in [6.45, 7) is 33.1. The van der Waals surface area contributed by atoms with Gasteiger partial charge in [-0.05, 0) is 190 Å². The second-order valence-electron chi connectivity index (χ2n) is 21.9. The smallest absolute Gasteiger partial charge is 0.214 e. The van der Waals surface area contributed by atoms with E-state index in [1.807, 2.05) is 100 Å². The Morgan fingerprint density at radius 2 is 0.720 bits per heavy atom. The Morgan fingerprint density at radius 3 is 1.09 bits per heavy atom. The summed E-state index contributed by atoms with van der Waals surface area (Å²) in [6.07, 6.45) is 0. The molecule has 0 saturated carbocycles. The van der Waals surface area contributed by atoms with E-state index in [9.17, 15) is 0 Å². The van der Waals surface area contributed by atoms with Crippen molar-refractivity contribution in [3.8, 4) is 58.5 Å². The van der Waals surface area contributed by atoms with E-state index in [4.69, 9.17) is 41.7 Å². The van der Waals surface area contributed by atoms with Crippen LogP contribution in [-0.2, 0) is 54.4 Å². The van der Waals surface area contributed by atoms with Crippen LogP contribution in [0.15, 0.2) is 114 Å². The number of hydrogen-bond acceptors (Lipinski definition) is 9. The predicted octanol–water partition coefficient (Wildman–Crippen LogP) is 27.4. The summed E-state index contributed by atoms with van der Waals surface area (Å²) < 4.78 is 3.61. The molecule has 18 heteroatoms. The summed E-state index contributed by atoms with van der Waals surface area (Å²) in [5.41, 5.74) is 3.67. The summed E-state index contributed by atoms with van der Waals surface area (Å²) in [6, 6.07) is 29.1. The van der Waals surface area contributed by atoms with Crippen LogP contribution in [0.4, 0.5) is 0 Å². The standard InChI is InChI=1S/2C20H23BrS3.C12H7BrS3.C4H9Cl.CH4.Al.3ClH.Y/c1-19(2,3)12-7-15(22-10-12)16-9-14(21)18(24-16)17-8-13(11-23-17)20(4,5)6;1-19(2,3)16-9-7-13(22-16)15-11-12(21)18(24-15)14-8-10-17(23-14)20(4,5)6;13-8-7-11(9-3-1-5-14-9)16-12(8)10-4-2-6-15-10;1-4(2,3)5;;;;;;/h2*7-11H,1-6H3;1-7H;1-3H3;1H4;;3*1H;/q;;;;;+3;;;;/p-3. The minimum Gasteiger partial charge on any atom is -0.214 e. The Kier molecular flexibility index (Phi) is 28.7.